The number of carboxylic acid groups (broad SMARTS) is 1. The molecule has 3 N–H and O–H groups in total. The molecule has 2 aromatic carbocycles. The normalized spacial score (nSPS) is 10.8. The van der Waals surface area contributed by atoms with E-state index < -0.39 is 5.97 Å². The second kappa shape index (κ2) is 7.94. The highest BCUT2D eigenvalue weighted by Crippen LogP contribution is 2.29. The monoisotopic (exact) mass is 428 g/mol. The summed E-state index contributed by atoms with van der Waals surface area (Å²) in [5.41, 5.74) is 2.92. The van der Waals surface area contributed by atoms with E-state index in [9.17, 15) is 9.18 Å². The Kier molecular flexibility index (Phi) is 5.19. The van der Waals surface area contributed by atoms with Crippen LogP contribution in [0.25, 0.3) is 21.5 Å². The van der Waals surface area contributed by atoms with Gasteiger partial charge in [0.25, 0.3) is 0 Å². The fourth-order valence-electron chi connectivity index (χ4n) is 2.56. The lowest BCUT2D eigenvalue weighted by atomic mass is 10.1. The van der Waals surface area contributed by atoms with E-state index in [1.165, 1.54) is 23.5 Å². The number of thiazole rings is 1. The zero-order valence-corrected chi connectivity index (χ0v) is 16.3. The summed E-state index contributed by atoms with van der Waals surface area (Å²) in [5, 5.41) is 19.1. The lowest BCUT2D eigenvalue weighted by molar-refractivity contribution is -0.135. The van der Waals surface area contributed by atoms with E-state index in [1.807, 2.05) is 24.3 Å². The zero-order valence-electron chi connectivity index (χ0n) is 14.7. The largest absolute Gasteiger partial charge is 0.480 e. The van der Waals surface area contributed by atoms with Crippen LogP contribution in [0.15, 0.2) is 53.1 Å². The first-order valence-electron chi connectivity index (χ1n) is 8.38. The summed E-state index contributed by atoms with van der Waals surface area (Å²) in [6.45, 7) is -0.298. The first-order valence-corrected chi connectivity index (χ1v) is 9.61. The molecule has 0 unspecified atom stereocenters. The summed E-state index contributed by atoms with van der Waals surface area (Å²) in [6.07, 6.45) is 0. The van der Waals surface area contributed by atoms with Crippen LogP contribution in [-0.2, 0) is 4.79 Å². The Bertz CT molecular complexity index is 1200. The molecule has 0 atom stereocenters. The number of hydrogen-bond acceptors (Lipinski definition) is 7. The Morgan fingerprint density at radius 1 is 1.21 bits per heavy atom. The molecule has 0 fully saturated rings. The number of rotatable bonds is 6. The fraction of sp³-hybridized carbons (Fsp3) is 0.0526. The van der Waals surface area contributed by atoms with Crippen molar-refractivity contribution in [2.75, 3.05) is 11.9 Å². The van der Waals surface area contributed by atoms with E-state index in [0.29, 0.717) is 16.6 Å². The van der Waals surface area contributed by atoms with Crippen molar-refractivity contribution in [3.63, 3.8) is 0 Å². The molecule has 0 radical (unpaired) electrons. The Morgan fingerprint density at radius 3 is 2.76 bits per heavy atom. The van der Waals surface area contributed by atoms with Crippen LogP contribution in [0.2, 0.25) is 0 Å². The third-order valence-corrected chi connectivity index (χ3v) is 5.20. The minimum Gasteiger partial charge on any atom is -0.480 e. The van der Waals surface area contributed by atoms with Gasteiger partial charge in [-0.1, -0.05) is 40.8 Å². The number of carbonyl (C=O) groups is 1. The van der Waals surface area contributed by atoms with Crippen molar-refractivity contribution in [3.05, 3.63) is 60.1 Å². The average Bonchev–Trinajstić information content (AvgIpc) is 3.33. The molecule has 0 aliphatic heterocycles. The van der Waals surface area contributed by atoms with Crippen LogP contribution in [0.3, 0.4) is 0 Å². The van der Waals surface area contributed by atoms with Gasteiger partial charge >= 0.3 is 5.97 Å². The second-order valence-corrected chi connectivity index (χ2v) is 7.43. The summed E-state index contributed by atoms with van der Waals surface area (Å²) in [5.74, 6) is -1.02. The van der Waals surface area contributed by atoms with Gasteiger partial charge in [0.15, 0.2) is 10.9 Å². The summed E-state index contributed by atoms with van der Waals surface area (Å²) < 4.78 is 19.3. The Labute approximate surface area is 173 Å². The number of hydrogen-bond donors (Lipinski definition) is 3. The topological polar surface area (TPSA) is 100 Å². The number of fused-ring (bicyclic) bond motifs is 1. The quantitative estimate of drug-likeness (QED) is 0.393. The molecule has 0 aliphatic rings. The molecule has 0 amide bonds. The molecular weight excluding hydrogens is 415 g/mol. The molecule has 7 nitrogen and oxygen atoms in total. The van der Waals surface area contributed by atoms with Crippen molar-refractivity contribution < 1.29 is 18.8 Å². The van der Waals surface area contributed by atoms with E-state index in [0.717, 1.165) is 21.5 Å². The molecule has 0 saturated heterocycles. The maximum absolute atomic E-state index is 13.3. The Morgan fingerprint density at radius 2 is 2.00 bits per heavy atom. The highest BCUT2D eigenvalue weighted by molar-refractivity contribution is 7.80. The third-order valence-electron chi connectivity index (χ3n) is 3.92. The zero-order chi connectivity index (χ0) is 20.4. The van der Waals surface area contributed by atoms with Crippen molar-refractivity contribution in [2.45, 2.75) is 0 Å². The highest BCUT2D eigenvalue weighted by Gasteiger charge is 2.12. The molecule has 4 rings (SSSR count). The summed E-state index contributed by atoms with van der Waals surface area (Å²) in [7, 11) is 0. The van der Waals surface area contributed by atoms with Gasteiger partial charge in [-0.25, -0.2) is 9.37 Å². The maximum Gasteiger partial charge on any atom is 0.322 e. The van der Waals surface area contributed by atoms with Gasteiger partial charge in [0.1, 0.15) is 23.0 Å². The van der Waals surface area contributed by atoms with Crippen LogP contribution in [0.4, 0.5) is 15.2 Å². The summed E-state index contributed by atoms with van der Waals surface area (Å²) in [4.78, 5) is 15.2. The first-order chi connectivity index (χ1) is 14.0. The molecule has 2 heterocycles. The minimum absolute atomic E-state index is 0.178. The van der Waals surface area contributed by atoms with Crippen molar-refractivity contribution in [2.24, 2.45) is 0 Å². The van der Waals surface area contributed by atoms with Gasteiger partial charge in [-0.2, -0.15) is 0 Å². The number of thiocarbonyl (C=S) groups is 1. The predicted octanol–water partition coefficient (Wildman–Crippen LogP) is 4.18. The maximum atomic E-state index is 13.3. The number of anilines is 2. The van der Waals surface area contributed by atoms with Gasteiger partial charge in [-0.3, -0.25) is 4.79 Å². The lowest BCUT2D eigenvalue weighted by Crippen LogP contribution is -2.28. The van der Waals surface area contributed by atoms with E-state index in [2.05, 4.69) is 20.8 Å². The van der Waals surface area contributed by atoms with E-state index in [1.54, 1.807) is 12.1 Å². The number of carboxylic acids is 1. The van der Waals surface area contributed by atoms with Crippen LogP contribution in [0, 0.1) is 5.82 Å². The SMILES string of the molecule is O=C(O)CNC(=S)c1cc(-c2ccc(Nc3nc4ccc(F)cc4s3)cc2)no1. The minimum atomic E-state index is -1.02. The van der Waals surface area contributed by atoms with Crippen LogP contribution >= 0.6 is 23.6 Å². The molecule has 0 aliphatic carbocycles. The second-order valence-electron chi connectivity index (χ2n) is 5.99. The van der Waals surface area contributed by atoms with Crippen molar-refractivity contribution in [1.29, 1.82) is 0 Å². The number of halogens is 1. The molecule has 29 heavy (non-hydrogen) atoms. The Balaban J connectivity index is 1.46. The first kappa shape index (κ1) is 19.0. The van der Waals surface area contributed by atoms with Crippen LogP contribution < -0.4 is 10.6 Å². The van der Waals surface area contributed by atoms with Gasteiger partial charge < -0.3 is 20.3 Å². The van der Waals surface area contributed by atoms with E-state index in [-0.39, 0.29) is 17.4 Å². The van der Waals surface area contributed by atoms with Crippen LogP contribution in [0.5, 0.6) is 0 Å². The highest BCUT2D eigenvalue weighted by atomic mass is 32.1. The molecule has 0 saturated carbocycles. The molecule has 0 spiro atoms. The number of aliphatic carboxylic acids is 1. The van der Waals surface area contributed by atoms with E-state index >= 15 is 0 Å². The fourth-order valence-corrected chi connectivity index (χ4v) is 3.64. The summed E-state index contributed by atoms with van der Waals surface area (Å²) >= 11 is 6.45. The number of benzene rings is 2. The van der Waals surface area contributed by atoms with E-state index in [4.69, 9.17) is 21.8 Å². The standard InChI is InChI=1S/C19H13FN4O3S2/c20-11-3-6-13-16(7-11)29-19(23-13)22-12-4-1-10(2-5-12)14-8-15(27-24-14)18(28)21-9-17(25)26/h1-8H,9H2,(H,21,28)(H,22,23)(H,25,26). The molecule has 146 valence electrons. The van der Waals surface area contributed by atoms with Gasteiger partial charge in [-0.15, -0.1) is 0 Å². The van der Waals surface area contributed by atoms with Gasteiger partial charge in [0, 0.05) is 17.3 Å². The number of nitrogens with one attached hydrogen (secondary N) is 2. The summed E-state index contributed by atoms with van der Waals surface area (Å²) in [6, 6.07) is 13.5. The predicted molar refractivity (Wildman–Crippen MR) is 112 cm³/mol. The van der Waals surface area contributed by atoms with Crippen LogP contribution in [-0.4, -0.2) is 32.7 Å². The third kappa shape index (κ3) is 4.39. The van der Waals surface area contributed by atoms with Crippen molar-refractivity contribution >= 4 is 55.5 Å². The smallest absolute Gasteiger partial charge is 0.322 e. The molecule has 2 aromatic heterocycles. The lowest BCUT2D eigenvalue weighted by Gasteiger charge is -2.03. The van der Waals surface area contributed by atoms with Crippen molar-refractivity contribution in [3.8, 4) is 11.3 Å². The molecular formula is C19H13FN4O3S2. The Hall–Kier alpha value is -3.37. The van der Waals surface area contributed by atoms with Gasteiger partial charge in [-0.05, 0) is 30.3 Å². The average molecular weight is 428 g/mol. The van der Waals surface area contributed by atoms with Crippen molar-refractivity contribution in [1.82, 2.24) is 15.5 Å². The molecule has 4 aromatic rings. The molecule has 0 bridgehead atoms. The molecule has 10 heteroatoms. The van der Waals surface area contributed by atoms with Gasteiger partial charge in [0.05, 0.1) is 10.2 Å². The van der Waals surface area contributed by atoms with Crippen LogP contribution in [0.1, 0.15) is 5.76 Å². The number of aromatic nitrogens is 2. The number of nitrogens with zero attached hydrogens (tertiary/aromatic N) is 2. The van der Waals surface area contributed by atoms with Gasteiger partial charge in [0.2, 0.25) is 0 Å².